The van der Waals surface area contributed by atoms with Gasteiger partial charge in [0, 0.05) is 42.2 Å². The van der Waals surface area contributed by atoms with E-state index in [1.165, 1.54) is 9.88 Å². The maximum atomic E-state index is 4.59. The van der Waals surface area contributed by atoms with Crippen molar-refractivity contribution in [3.05, 3.63) is 38.5 Å². The smallest absolute Gasteiger partial charge is 0.191 e. The monoisotopic (exact) mass is 478 g/mol. The molecule has 2 rings (SSSR count). The van der Waals surface area contributed by atoms with E-state index in [9.17, 15) is 0 Å². The molecule has 2 aromatic rings. The van der Waals surface area contributed by atoms with Crippen LogP contribution < -0.4 is 10.6 Å². The van der Waals surface area contributed by atoms with Crippen LogP contribution in [0.5, 0.6) is 0 Å². The van der Waals surface area contributed by atoms with Crippen molar-refractivity contribution in [1.29, 1.82) is 0 Å². The molecule has 0 fully saturated rings. The Balaban J connectivity index is 0.00000288. The molecule has 7 heteroatoms. The first-order valence-corrected chi connectivity index (χ1v) is 9.73. The van der Waals surface area contributed by atoms with Crippen LogP contribution in [-0.2, 0) is 18.3 Å². The third-order valence-electron chi connectivity index (χ3n) is 3.68. The quantitative estimate of drug-likeness (QED) is 0.359. The first kappa shape index (κ1) is 21.4. The fraction of sp³-hybridized carbons (Fsp3) is 0.529. The summed E-state index contributed by atoms with van der Waals surface area (Å²) in [4.78, 5) is 10.3. The molecule has 0 amide bonds. The number of guanidine groups is 1. The Bertz CT molecular complexity index is 620. The number of aromatic nitrogens is 1. The Morgan fingerprint density at radius 1 is 1.29 bits per heavy atom. The van der Waals surface area contributed by atoms with Crippen molar-refractivity contribution in [2.45, 2.75) is 39.0 Å². The van der Waals surface area contributed by atoms with Gasteiger partial charge in [-0.3, -0.25) is 4.99 Å². The molecule has 0 bridgehead atoms. The maximum absolute atomic E-state index is 4.59. The zero-order valence-corrected chi connectivity index (χ0v) is 18.7. The first-order valence-electron chi connectivity index (χ1n) is 7.97. The van der Waals surface area contributed by atoms with E-state index in [0.717, 1.165) is 37.6 Å². The molecule has 2 heterocycles. The molecule has 2 N–H and O–H groups in total. The second-order valence-electron chi connectivity index (χ2n) is 6.05. The Labute approximate surface area is 170 Å². The van der Waals surface area contributed by atoms with E-state index in [2.05, 4.69) is 64.3 Å². The van der Waals surface area contributed by atoms with Gasteiger partial charge in [0.05, 0.1) is 10.7 Å². The molecule has 0 saturated heterocycles. The number of nitrogens with zero attached hydrogens (tertiary/aromatic N) is 2. The number of hydrogen-bond acceptors (Lipinski definition) is 4. The van der Waals surface area contributed by atoms with E-state index in [0.29, 0.717) is 0 Å². The summed E-state index contributed by atoms with van der Waals surface area (Å²) >= 11 is 3.54. The van der Waals surface area contributed by atoms with E-state index >= 15 is 0 Å². The number of halogens is 1. The van der Waals surface area contributed by atoms with Crippen molar-refractivity contribution in [2.75, 3.05) is 20.1 Å². The van der Waals surface area contributed by atoms with E-state index in [4.69, 9.17) is 0 Å². The normalized spacial score (nSPS) is 11.9. The van der Waals surface area contributed by atoms with E-state index in [1.807, 2.05) is 7.05 Å². The van der Waals surface area contributed by atoms with Gasteiger partial charge in [-0.05, 0) is 17.9 Å². The lowest BCUT2D eigenvalue weighted by Gasteiger charge is -2.25. The highest BCUT2D eigenvalue weighted by molar-refractivity contribution is 14.0. The van der Waals surface area contributed by atoms with Crippen molar-refractivity contribution >= 4 is 52.6 Å². The fourth-order valence-corrected chi connectivity index (χ4v) is 3.84. The average Bonchev–Trinajstić information content (AvgIpc) is 3.22. The molecule has 24 heavy (non-hydrogen) atoms. The second-order valence-corrected chi connectivity index (χ2v) is 7.94. The van der Waals surface area contributed by atoms with E-state index in [1.54, 1.807) is 22.7 Å². The minimum atomic E-state index is 0. The highest BCUT2D eigenvalue weighted by atomic mass is 127. The Morgan fingerprint density at radius 3 is 2.67 bits per heavy atom. The van der Waals surface area contributed by atoms with Crippen LogP contribution in [-0.4, -0.2) is 31.1 Å². The zero-order chi connectivity index (χ0) is 16.7. The molecule has 0 spiro atoms. The molecule has 0 aliphatic rings. The van der Waals surface area contributed by atoms with Gasteiger partial charge in [0.15, 0.2) is 5.96 Å². The fourth-order valence-electron chi connectivity index (χ4n) is 2.21. The summed E-state index contributed by atoms with van der Waals surface area (Å²) < 4.78 is 0. The van der Waals surface area contributed by atoms with Gasteiger partial charge in [-0.25, -0.2) is 4.98 Å². The predicted molar refractivity (Wildman–Crippen MR) is 117 cm³/mol. The van der Waals surface area contributed by atoms with Crippen molar-refractivity contribution in [2.24, 2.45) is 4.99 Å². The minimum Gasteiger partial charge on any atom is -0.356 e. The van der Waals surface area contributed by atoms with Crippen LogP contribution in [0.25, 0.3) is 0 Å². The Hall–Kier alpha value is -0.670. The third-order valence-corrected chi connectivity index (χ3v) is 5.96. The molecule has 0 aliphatic carbocycles. The van der Waals surface area contributed by atoms with Gasteiger partial charge >= 0.3 is 0 Å². The van der Waals surface area contributed by atoms with Crippen LogP contribution in [0, 0.1) is 0 Å². The van der Waals surface area contributed by atoms with Crippen LogP contribution in [0.15, 0.2) is 27.9 Å². The number of thiophene rings is 1. The SMILES string of the molecule is CCc1nc(CCNC(=NC)NCC(C)(C)c2cccs2)cs1.I. The zero-order valence-electron chi connectivity index (χ0n) is 14.8. The minimum absolute atomic E-state index is 0. The van der Waals surface area contributed by atoms with Gasteiger partial charge in [0.25, 0.3) is 0 Å². The summed E-state index contributed by atoms with van der Waals surface area (Å²) in [7, 11) is 1.81. The number of aryl methyl sites for hydroxylation is 1. The summed E-state index contributed by atoms with van der Waals surface area (Å²) in [5.41, 5.74) is 1.25. The summed E-state index contributed by atoms with van der Waals surface area (Å²) in [5.74, 6) is 0.848. The molecule has 4 nitrogen and oxygen atoms in total. The standard InChI is InChI=1S/C17H26N4S2.HI/c1-5-15-21-13(11-23-15)8-9-19-16(18-4)20-12-17(2,3)14-7-6-10-22-14;/h6-7,10-11H,5,8-9,12H2,1-4H3,(H2,18,19,20);1H. The first-order chi connectivity index (χ1) is 11.0. The van der Waals surface area contributed by atoms with Crippen LogP contribution in [0.3, 0.4) is 0 Å². The molecule has 0 atom stereocenters. The van der Waals surface area contributed by atoms with Crippen molar-refractivity contribution in [3.63, 3.8) is 0 Å². The summed E-state index contributed by atoms with van der Waals surface area (Å²) in [5, 5.41) is 12.3. The third kappa shape index (κ3) is 6.33. The molecule has 0 radical (unpaired) electrons. The average molecular weight is 478 g/mol. The van der Waals surface area contributed by atoms with Gasteiger partial charge in [0.2, 0.25) is 0 Å². The Morgan fingerprint density at radius 2 is 2.08 bits per heavy atom. The predicted octanol–water partition coefficient (Wildman–Crippen LogP) is 4.07. The number of nitrogens with one attached hydrogen (secondary N) is 2. The molecule has 0 aromatic carbocycles. The number of thiazole rings is 1. The van der Waals surface area contributed by atoms with Gasteiger partial charge < -0.3 is 10.6 Å². The van der Waals surface area contributed by atoms with Gasteiger partial charge in [0.1, 0.15) is 0 Å². The van der Waals surface area contributed by atoms with Crippen molar-refractivity contribution in [3.8, 4) is 0 Å². The lowest BCUT2D eigenvalue weighted by Crippen LogP contribution is -2.43. The summed E-state index contributed by atoms with van der Waals surface area (Å²) in [6.07, 6.45) is 1.94. The van der Waals surface area contributed by atoms with E-state index < -0.39 is 0 Å². The number of hydrogen-bond donors (Lipinski definition) is 2. The van der Waals surface area contributed by atoms with Gasteiger partial charge in [-0.2, -0.15) is 0 Å². The lowest BCUT2D eigenvalue weighted by atomic mass is 9.91. The Kier molecular flexibility index (Phi) is 9.22. The summed E-state index contributed by atoms with van der Waals surface area (Å²) in [6, 6.07) is 4.29. The molecule has 0 aliphatic heterocycles. The molecule has 2 aromatic heterocycles. The number of aliphatic imine (C=N–C) groups is 1. The highest BCUT2D eigenvalue weighted by Gasteiger charge is 2.21. The van der Waals surface area contributed by atoms with Gasteiger partial charge in [-0.15, -0.1) is 46.7 Å². The van der Waals surface area contributed by atoms with Crippen molar-refractivity contribution in [1.82, 2.24) is 15.6 Å². The van der Waals surface area contributed by atoms with Crippen LogP contribution in [0.1, 0.15) is 36.3 Å². The molecular formula is C17H27IN4S2. The van der Waals surface area contributed by atoms with E-state index in [-0.39, 0.29) is 29.4 Å². The highest BCUT2D eigenvalue weighted by Crippen LogP contribution is 2.26. The topological polar surface area (TPSA) is 49.3 Å². The number of rotatable bonds is 7. The van der Waals surface area contributed by atoms with Crippen LogP contribution >= 0.6 is 46.7 Å². The van der Waals surface area contributed by atoms with Crippen LogP contribution in [0.2, 0.25) is 0 Å². The van der Waals surface area contributed by atoms with Crippen molar-refractivity contribution < 1.29 is 0 Å². The second kappa shape index (κ2) is 10.4. The lowest BCUT2D eigenvalue weighted by molar-refractivity contribution is 0.518. The maximum Gasteiger partial charge on any atom is 0.191 e. The largest absolute Gasteiger partial charge is 0.356 e. The molecule has 0 unspecified atom stereocenters. The molecular weight excluding hydrogens is 451 g/mol. The van der Waals surface area contributed by atoms with Crippen LogP contribution in [0.4, 0.5) is 0 Å². The molecule has 134 valence electrons. The summed E-state index contributed by atoms with van der Waals surface area (Å²) in [6.45, 7) is 8.33. The van der Waals surface area contributed by atoms with Gasteiger partial charge in [-0.1, -0.05) is 26.8 Å². The molecule has 0 saturated carbocycles.